The van der Waals surface area contributed by atoms with Gasteiger partial charge in [-0.25, -0.2) is 4.79 Å². The Labute approximate surface area is 117 Å². The number of rotatable bonds is 6. The number of nitrogens with one attached hydrogen (secondary N) is 1. The maximum absolute atomic E-state index is 11.2. The van der Waals surface area contributed by atoms with Crippen LogP contribution in [-0.2, 0) is 0 Å². The largest absolute Gasteiger partial charge is 0.478 e. The topological polar surface area (TPSA) is 92.5 Å². The van der Waals surface area contributed by atoms with Gasteiger partial charge in [-0.2, -0.15) is 0 Å². The Morgan fingerprint density at radius 1 is 1.50 bits per heavy atom. The lowest BCUT2D eigenvalue weighted by molar-refractivity contribution is -0.384. The molecule has 0 heterocycles. The first kappa shape index (κ1) is 14.3. The van der Waals surface area contributed by atoms with Crippen LogP contribution in [0.4, 0.5) is 11.4 Å². The van der Waals surface area contributed by atoms with E-state index in [1.807, 2.05) is 0 Å². The number of anilines is 1. The zero-order valence-electron chi connectivity index (χ0n) is 11.4. The van der Waals surface area contributed by atoms with Crippen LogP contribution in [0.3, 0.4) is 0 Å². The van der Waals surface area contributed by atoms with Crippen molar-refractivity contribution in [3.63, 3.8) is 0 Å². The van der Waals surface area contributed by atoms with Gasteiger partial charge in [0, 0.05) is 24.4 Å². The fourth-order valence-electron chi connectivity index (χ4n) is 2.59. The Morgan fingerprint density at radius 3 is 2.65 bits per heavy atom. The van der Waals surface area contributed by atoms with Gasteiger partial charge in [-0.3, -0.25) is 10.1 Å². The third-order valence-corrected chi connectivity index (χ3v) is 4.26. The SMILES string of the molecule is CCC1(CNc2ccc([N+](=O)[O-])cc2C(=O)O)CCC1. The molecular formula is C14H18N2O4. The molecule has 0 aromatic heterocycles. The molecule has 1 aromatic rings. The molecule has 2 N–H and O–H groups in total. The summed E-state index contributed by atoms with van der Waals surface area (Å²) in [7, 11) is 0. The average Bonchev–Trinajstić information content (AvgIpc) is 2.37. The van der Waals surface area contributed by atoms with Gasteiger partial charge in [0.1, 0.15) is 0 Å². The first-order valence-corrected chi connectivity index (χ1v) is 6.73. The Morgan fingerprint density at radius 2 is 2.20 bits per heavy atom. The molecule has 0 radical (unpaired) electrons. The third-order valence-electron chi connectivity index (χ3n) is 4.26. The van der Waals surface area contributed by atoms with Crippen molar-refractivity contribution in [3.05, 3.63) is 33.9 Å². The molecule has 0 bridgehead atoms. The summed E-state index contributed by atoms with van der Waals surface area (Å²) in [5.74, 6) is -1.16. The highest BCUT2D eigenvalue weighted by atomic mass is 16.6. The number of carboxylic acids is 1. The summed E-state index contributed by atoms with van der Waals surface area (Å²) >= 11 is 0. The number of hydrogen-bond donors (Lipinski definition) is 2. The van der Waals surface area contributed by atoms with E-state index in [1.54, 1.807) is 0 Å². The van der Waals surface area contributed by atoms with Crippen LogP contribution in [0.2, 0.25) is 0 Å². The first-order valence-electron chi connectivity index (χ1n) is 6.73. The number of hydrogen-bond acceptors (Lipinski definition) is 4. The minimum absolute atomic E-state index is 0.0511. The quantitative estimate of drug-likeness (QED) is 0.615. The molecular weight excluding hydrogens is 260 g/mol. The van der Waals surface area contributed by atoms with Crippen molar-refractivity contribution in [2.75, 3.05) is 11.9 Å². The second-order valence-corrected chi connectivity index (χ2v) is 5.35. The molecule has 0 saturated heterocycles. The predicted octanol–water partition coefficient (Wildman–Crippen LogP) is 3.29. The number of benzene rings is 1. The maximum Gasteiger partial charge on any atom is 0.338 e. The summed E-state index contributed by atoms with van der Waals surface area (Å²) in [6.45, 7) is 2.84. The second kappa shape index (κ2) is 5.48. The van der Waals surface area contributed by atoms with Gasteiger partial charge >= 0.3 is 5.97 Å². The van der Waals surface area contributed by atoms with E-state index >= 15 is 0 Å². The van der Waals surface area contributed by atoms with Gasteiger partial charge < -0.3 is 10.4 Å². The minimum atomic E-state index is -1.16. The van der Waals surface area contributed by atoms with Crippen molar-refractivity contribution in [1.29, 1.82) is 0 Å². The molecule has 6 nitrogen and oxygen atoms in total. The van der Waals surface area contributed by atoms with Crippen molar-refractivity contribution in [2.45, 2.75) is 32.6 Å². The van der Waals surface area contributed by atoms with Crippen LogP contribution in [0.1, 0.15) is 43.0 Å². The molecule has 6 heteroatoms. The Kier molecular flexibility index (Phi) is 3.92. The lowest BCUT2D eigenvalue weighted by atomic mass is 9.67. The van der Waals surface area contributed by atoms with Crippen molar-refractivity contribution >= 4 is 17.3 Å². The highest BCUT2D eigenvalue weighted by Gasteiger charge is 2.35. The Bertz CT molecular complexity index is 532. The predicted molar refractivity (Wildman–Crippen MR) is 75.1 cm³/mol. The number of carboxylic acid groups (broad SMARTS) is 1. The summed E-state index contributed by atoms with van der Waals surface area (Å²) in [6, 6.07) is 3.90. The van der Waals surface area contributed by atoms with E-state index in [0.717, 1.165) is 25.3 Å². The van der Waals surface area contributed by atoms with Crippen molar-refractivity contribution < 1.29 is 14.8 Å². The molecule has 0 atom stereocenters. The van der Waals surface area contributed by atoms with Gasteiger partial charge in [0.15, 0.2) is 0 Å². The first-order chi connectivity index (χ1) is 9.47. The van der Waals surface area contributed by atoms with Gasteiger partial charge in [-0.1, -0.05) is 13.3 Å². The number of nitrogens with zero attached hydrogens (tertiary/aromatic N) is 1. The molecule has 1 aliphatic carbocycles. The van der Waals surface area contributed by atoms with Crippen molar-refractivity contribution in [3.8, 4) is 0 Å². The molecule has 1 fully saturated rings. The Hall–Kier alpha value is -2.11. The monoisotopic (exact) mass is 278 g/mol. The molecule has 1 aromatic carbocycles. The van der Waals surface area contributed by atoms with E-state index in [4.69, 9.17) is 5.11 Å². The smallest absolute Gasteiger partial charge is 0.338 e. The summed E-state index contributed by atoms with van der Waals surface area (Å²) in [5, 5.41) is 23.0. The van der Waals surface area contributed by atoms with E-state index in [9.17, 15) is 14.9 Å². The van der Waals surface area contributed by atoms with Crippen LogP contribution >= 0.6 is 0 Å². The molecule has 1 aliphatic rings. The van der Waals surface area contributed by atoms with Gasteiger partial charge in [0.2, 0.25) is 0 Å². The van der Waals surface area contributed by atoms with Crippen LogP contribution in [0.5, 0.6) is 0 Å². The van der Waals surface area contributed by atoms with Gasteiger partial charge in [-0.15, -0.1) is 0 Å². The van der Waals surface area contributed by atoms with E-state index in [-0.39, 0.29) is 16.7 Å². The molecule has 0 spiro atoms. The van der Waals surface area contributed by atoms with Crippen LogP contribution < -0.4 is 5.32 Å². The number of aromatic carboxylic acids is 1. The molecule has 0 amide bonds. The Balaban J connectivity index is 2.18. The molecule has 20 heavy (non-hydrogen) atoms. The summed E-state index contributed by atoms with van der Waals surface area (Å²) in [4.78, 5) is 21.3. The minimum Gasteiger partial charge on any atom is -0.478 e. The van der Waals surface area contributed by atoms with E-state index in [2.05, 4.69) is 12.2 Å². The highest BCUT2D eigenvalue weighted by Crippen LogP contribution is 2.43. The van der Waals surface area contributed by atoms with E-state index in [0.29, 0.717) is 12.2 Å². The molecule has 2 rings (SSSR count). The lowest BCUT2D eigenvalue weighted by Crippen LogP contribution is -2.36. The number of non-ortho nitro benzene ring substituents is 1. The zero-order valence-corrected chi connectivity index (χ0v) is 11.4. The van der Waals surface area contributed by atoms with Gasteiger partial charge in [-0.05, 0) is 30.7 Å². The summed E-state index contributed by atoms with van der Waals surface area (Å²) < 4.78 is 0. The normalized spacial score (nSPS) is 16.2. The van der Waals surface area contributed by atoms with Crippen molar-refractivity contribution in [2.24, 2.45) is 5.41 Å². The molecule has 0 aliphatic heterocycles. The van der Waals surface area contributed by atoms with Crippen LogP contribution in [0.15, 0.2) is 18.2 Å². The van der Waals surface area contributed by atoms with Gasteiger partial charge in [0.05, 0.1) is 10.5 Å². The average molecular weight is 278 g/mol. The molecule has 0 unspecified atom stereocenters. The third kappa shape index (κ3) is 2.74. The zero-order chi connectivity index (χ0) is 14.8. The van der Waals surface area contributed by atoms with Crippen molar-refractivity contribution in [1.82, 2.24) is 0 Å². The fraction of sp³-hybridized carbons (Fsp3) is 0.500. The van der Waals surface area contributed by atoms with E-state index < -0.39 is 10.9 Å². The highest BCUT2D eigenvalue weighted by molar-refractivity contribution is 5.95. The maximum atomic E-state index is 11.2. The van der Waals surface area contributed by atoms with E-state index in [1.165, 1.54) is 18.6 Å². The molecule has 108 valence electrons. The fourth-order valence-corrected chi connectivity index (χ4v) is 2.59. The van der Waals surface area contributed by atoms with Gasteiger partial charge in [0.25, 0.3) is 5.69 Å². The standard InChI is InChI=1S/C14H18N2O4/c1-2-14(6-3-7-14)9-15-12-5-4-10(16(19)20)8-11(12)13(17)18/h4-5,8,15H,2-3,6-7,9H2,1H3,(H,17,18). The summed E-state index contributed by atoms with van der Waals surface area (Å²) in [5.41, 5.74) is 0.437. The van der Waals surface area contributed by atoms with Crippen LogP contribution in [0, 0.1) is 15.5 Å². The summed E-state index contributed by atoms with van der Waals surface area (Å²) in [6.07, 6.45) is 4.55. The number of nitro benzene ring substituents is 1. The molecule has 1 saturated carbocycles. The lowest BCUT2D eigenvalue weighted by Gasteiger charge is -2.41. The number of carbonyl (C=O) groups is 1. The second-order valence-electron chi connectivity index (χ2n) is 5.35. The number of nitro groups is 1. The van der Waals surface area contributed by atoms with Crippen LogP contribution in [0.25, 0.3) is 0 Å². The van der Waals surface area contributed by atoms with Crippen LogP contribution in [-0.4, -0.2) is 22.5 Å².